The van der Waals surface area contributed by atoms with Gasteiger partial charge in [-0.05, 0) is 31.0 Å². The Morgan fingerprint density at radius 3 is 2.74 bits per heavy atom. The highest BCUT2D eigenvalue weighted by Crippen LogP contribution is 2.21. The van der Waals surface area contributed by atoms with Crippen molar-refractivity contribution in [1.82, 2.24) is 19.8 Å². The van der Waals surface area contributed by atoms with E-state index in [0.717, 1.165) is 25.0 Å². The molecule has 23 heavy (non-hydrogen) atoms. The Balaban J connectivity index is 1.49. The zero-order chi connectivity index (χ0) is 15.8. The van der Waals surface area contributed by atoms with Crippen molar-refractivity contribution in [3.8, 4) is 0 Å². The lowest BCUT2D eigenvalue weighted by atomic mass is 10.2. The first-order chi connectivity index (χ1) is 11.2. The van der Waals surface area contributed by atoms with Crippen molar-refractivity contribution in [2.75, 3.05) is 13.1 Å². The predicted molar refractivity (Wildman–Crippen MR) is 85.3 cm³/mol. The van der Waals surface area contributed by atoms with E-state index >= 15 is 0 Å². The van der Waals surface area contributed by atoms with Gasteiger partial charge in [0.2, 0.25) is 0 Å². The van der Waals surface area contributed by atoms with Crippen LogP contribution in [0, 0.1) is 0 Å². The Morgan fingerprint density at radius 1 is 1.13 bits per heavy atom. The van der Waals surface area contributed by atoms with Crippen molar-refractivity contribution in [3.05, 3.63) is 47.5 Å². The minimum Gasteiger partial charge on any atom is -0.367 e. The van der Waals surface area contributed by atoms with Gasteiger partial charge in [0.1, 0.15) is 5.69 Å². The maximum Gasteiger partial charge on any atom is 0.268 e. The molecule has 1 fully saturated rings. The lowest BCUT2D eigenvalue weighted by Gasteiger charge is -2.19. The van der Waals surface area contributed by atoms with Gasteiger partial charge in [-0.2, -0.15) is 0 Å². The molecule has 1 aliphatic carbocycles. The van der Waals surface area contributed by atoms with Crippen molar-refractivity contribution in [2.45, 2.75) is 31.8 Å². The zero-order valence-electron chi connectivity index (χ0n) is 12.9. The molecule has 0 saturated heterocycles. The molecule has 4 rings (SSSR count). The van der Waals surface area contributed by atoms with Crippen LogP contribution < -0.4 is 5.32 Å². The number of hydrogen-bond donors (Lipinski definition) is 2. The number of nitrogens with one attached hydrogen (secondary N) is 2. The van der Waals surface area contributed by atoms with Crippen molar-refractivity contribution in [3.63, 3.8) is 0 Å². The normalized spacial score (nSPS) is 17.5. The van der Waals surface area contributed by atoms with Gasteiger partial charge in [-0.25, -0.2) is 0 Å². The number of carbonyl (C=O) groups is 2. The highest BCUT2D eigenvalue weighted by Gasteiger charge is 2.27. The Morgan fingerprint density at radius 2 is 2.00 bits per heavy atom. The minimum absolute atomic E-state index is 0.00385. The van der Waals surface area contributed by atoms with Crippen molar-refractivity contribution in [1.29, 1.82) is 0 Å². The van der Waals surface area contributed by atoms with Gasteiger partial charge in [-0.1, -0.05) is 0 Å². The third-order valence-electron chi connectivity index (χ3n) is 4.58. The SMILES string of the molecule is O=C(NC1CC1)c1ccc2n1CCN(C(=O)c1cc[nH]c1)CC2. The summed E-state index contributed by atoms with van der Waals surface area (Å²) < 4.78 is 2.06. The highest BCUT2D eigenvalue weighted by molar-refractivity contribution is 5.94. The summed E-state index contributed by atoms with van der Waals surface area (Å²) in [5, 5.41) is 3.04. The van der Waals surface area contributed by atoms with Gasteiger partial charge < -0.3 is 19.8 Å². The van der Waals surface area contributed by atoms with Crippen LogP contribution in [-0.2, 0) is 13.0 Å². The molecule has 0 radical (unpaired) electrons. The molecular weight excluding hydrogens is 292 g/mol. The molecule has 2 amide bonds. The van der Waals surface area contributed by atoms with E-state index in [1.165, 1.54) is 0 Å². The second-order valence-electron chi connectivity index (χ2n) is 6.25. The van der Waals surface area contributed by atoms with Gasteiger partial charge in [-0.15, -0.1) is 0 Å². The zero-order valence-corrected chi connectivity index (χ0v) is 12.9. The van der Waals surface area contributed by atoms with E-state index < -0.39 is 0 Å². The predicted octanol–water partition coefficient (Wildman–Crippen LogP) is 1.41. The number of aromatic nitrogens is 2. The second kappa shape index (κ2) is 5.61. The van der Waals surface area contributed by atoms with Crippen LogP contribution in [0.3, 0.4) is 0 Å². The Bertz CT molecular complexity index is 728. The monoisotopic (exact) mass is 312 g/mol. The van der Waals surface area contributed by atoms with Gasteiger partial charge in [0.05, 0.1) is 5.56 Å². The van der Waals surface area contributed by atoms with E-state index in [4.69, 9.17) is 0 Å². The minimum atomic E-state index is 0.00385. The molecule has 2 N–H and O–H groups in total. The average Bonchev–Trinajstić information content (AvgIpc) is 3.10. The fourth-order valence-electron chi connectivity index (χ4n) is 3.10. The van der Waals surface area contributed by atoms with Gasteiger partial charge in [-0.3, -0.25) is 9.59 Å². The molecule has 0 unspecified atom stereocenters. The second-order valence-corrected chi connectivity index (χ2v) is 6.25. The van der Waals surface area contributed by atoms with E-state index in [-0.39, 0.29) is 11.8 Å². The largest absolute Gasteiger partial charge is 0.367 e. The topological polar surface area (TPSA) is 70.1 Å². The summed E-state index contributed by atoms with van der Waals surface area (Å²) in [4.78, 5) is 29.6. The lowest BCUT2D eigenvalue weighted by molar-refractivity contribution is 0.0759. The molecule has 0 spiro atoms. The van der Waals surface area contributed by atoms with Crippen LogP contribution in [0.2, 0.25) is 0 Å². The summed E-state index contributed by atoms with van der Waals surface area (Å²) in [6, 6.07) is 6.05. The Hall–Kier alpha value is -2.50. The average molecular weight is 312 g/mol. The van der Waals surface area contributed by atoms with Crippen LogP contribution >= 0.6 is 0 Å². The number of hydrogen-bond acceptors (Lipinski definition) is 2. The van der Waals surface area contributed by atoms with Gasteiger partial charge in [0.25, 0.3) is 11.8 Å². The van der Waals surface area contributed by atoms with Crippen LogP contribution in [0.15, 0.2) is 30.6 Å². The van der Waals surface area contributed by atoms with E-state index in [1.54, 1.807) is 18.5 Å². The highest BCUT2D eigenvalue weighted by atomic mass is 16.2. The molecule has 6 heteroatoms. The first-order valence-electron chi connectivity index (χ1n) is 8.14. The quantitative estimate of drug-likeness (QED) is 0.899. The molecule has 0 bridgehead atoms. The molecule has 3 heterocycles. The molecule has 6 nitrogen and oxygen atoms in total. The summed E-state index contributed by atoms with van der Waals surface area (Å²) in [6.07, 6.45) is 6.42. The van der Waals surface area contributed by atoms with E-state index in [9.17, 15) is 9.59 Å². The van der Waals surface area contributed by atoms with Crippen LogP contribution in [0.25, 0.3) is 0 Å². The molecule has 2 aliphatic rings. The maximum atomic E-state index is 12.5. The van der Waals surface area contributed by atoms with Crippen LogP contribution in [0.5, 0.6) is 0 Å². The number of aromatic amines is 1. The molecule has 0 atom stereocenters. The fraction of sp³-hybridized carbons (Fsp3) is 0.412. The molecule has 2 aromatic heterocycles. The standard InChI is InChI=1S/C17H20N4O2/c22-16(19-13-1-2-13)15-4-3-14-6-8-20(9-10-21(14)15)17(23)12-5-7-18-11-12/h3-5,7,11,13,18H,1-2,6,8-10H2,(H,19,22). The molecule has 1 aliphatic heterocycles. The number of H-pyrrole nitrogens is 1. The number of fused-ring (bicyclic) bond motifs is 1. The van der Waals surface area contributed by atoms with Gasteiger partial charge >= 0.3 is 0 Å². The molecule has 1 saturated carbocycles. The Labute approximate surface area is 134 Å². The van der Waals surface area contributed by atoms with E-state index in [2.05, 4.69) is 14.9 Å². The fourth-order valence-corrected chi connectivity index (χ4v) is 3.10. The number of rotatable bonds is 3. The van der Waals surface area contributed by atoms with Gasteiger partial charge in [0, 0.05) is 50.2 Å². The smallest absolute Gasteiger partial charge is 0.268 e. The first-order valence-corrected chi connectivity index (χ1v) is 8.14. The van der Waals surface area contributed by atoms with Crippen molar-refractivity contribution in [2.24, 2.45) is 0 Å². The molecule has 0 aromatic carbocycles. The molecule has 120 valence electrons. The first kappa shape index (κ1) is 14.1. The van der Waals surface area contributed by atoms with Crippen LogP contribution in [-0.4, -0.2) is 45.4 Å². The van der Waals surface area contributed by atoms with Crippen LogP contribution in [0.4, 0.5) is 0 Å². The van der Waals surface area contributed by atoms with E-state index in [1.807, 2.05) is 17.0 Å². The van der Waals surface area contributed by atoms with Crippen LogP contribution in [0.1, 0.15) is 39.4 Å². The van der Waals surface area contributed by atoms with Crippen molar-refractivity contribution < 1.29 is 9.59 Å². The molecular formula is C17H20N4O2. The number of nitrogens with zero attached hydrogens (tertiary/aromatic N) is 2. The third kappa shape index (κ3) is 2.76. The summed E-state index contributed by atoms with van der Waals surface area (Å²) in [7, 11) is 0. The number of carbonyl (C=O) groups excluding carboxylic acids is 2. The Kier molecular flexibility index (Phi) is 3.44. The molecule has 2 aromatic rings. The summed E-state index contributed by atoms with van der Waals surface area (Å²) >= 11 is 0. The van der Waals surface area contributed by atoms with Gasteiger partial charge in [0.15, 0.2) is 0 Å². The maximum absolute atomic E-state index is 12.5. The van der Waals surface area contributed by atoms with E-state index in [0.29, 0.717) is 36.9 Å². The summed E-state index contributed by atoms with van der Waals surface area (Å²) in [6.45, 7) is 1.96. The summed E-state index contributed by atoms with van der Waals surface area (Å²) in [5.74, 6) is 0.0464. The van der Waals surface area contributed by atoms with Crippen molar-refractivity contribution >= 4 is 11.8 Å². The lowest BCUT2D eigenvalue weighted by Crippen LogP contribution is -2.34. The number of amides is 2. The summed E-state index contributed by atoms with van der Waals surface area (Å²) in [5.41, 5.74) is 2.52. The third-order valence-corrected chi connectivity index (χ3v) is 4.58.